The average Bonchev–Trinajstić information content (AvgIpc) is 3.19. The average molecular weight is 633 g/mol. The summed E-state index contributed by atoms with van der Waals surface area (Å²) in [5.74, 6) is 4.77. The summed E-state index contributed by atoms with van der Waals surface area (Å²) in [5.41, 5.74) is 5.24. The smallest absolute Gasteiger partial charge is 0.167 e. The standard InChI is InChI=1S/C42H28N6O/c1-5-15-29(16-6-1)37-43-38(30-17-7-2-8-18-30)45-41(44-37)33-25-27-34(28-26-33)49-36-24-14-13-23-35(36)42-47-39(31-19-9-3-10-20-31)46-40(48-42)32-21-11-4-12-22-32/h1-28H. The highest BCUT2D eigenvalue weighted by Gasteiger charge is 2.17. The van der Waals surface area contributed by atoms with E-state index < -0.39 is 0 Å². The molecule has 0 aliphatic rings. The van der Waals surface area contributed by atoms with Crippen molar-refractivity contribution < 1.29 is 4.74 Å². The summed E-state index contributed by atoms with van der Waals surface area (Å²) in [6.45, 7) is 0. The highest BCUT2D eigenvalue weighted by atomic mass is 16.5. The lowest BCUT2D eigenvalue weighted by molar-refractivity contribution is 0.484. The molecule has 0 fully saturated rings. The molecule has 0 saturated heterocycles. The van der Waals surface area contributed by atoms with E-state index in [1.54, 1.807) is 0 Å². The van der Waals surface area contributed by atoms with Gasteiger partial charge in [0.1, 0.15) is 11.5 Å². The lowest BCUT2D eigenvalue weighted by atomic mass is 10.1. The van der Waals surface area contributed by atoms with Gasteiger partial charge in [-0.2, -0.15) is 0 Å². The monoisotopic (exact) mass is 632 g/mol. The third-order valence-corrected chi connectivity index (χ3v) is 7.87. The number of hydrogen-bond acceptors (Lipinski definition) is 7. The number of hydrogen-bond donors (Lipinski definition) is 0. The Kier molecular flexibility index (Phi) is 8.12. The van der Waals surface area contributed by atoms with Crippen LogP contribution in [0.25, 0.3) is 68.3 Å². The van der Waals surface area contributed by atoms with Crippen molar-refractivity contribution in [3.63, 3.8) is 0 Å². The quantitative estimate of drug-likeness (QED) is 0.165. The van der Waals surface area contributed by atoms with E-state index in [4.69, 9.17) is 34.6 Å². The molecule has 7 nitrogen and oxygen atoms in total. The SMILES string of the molecule is c1ccc(-c2nc(-c3ccccc3)nc(-c3ccc(Oc4ccccc4-c4nc(-c5ccccc5)nc(-c5ccccc5)n4)cc3)n2)cc1. The summed E-state index contributed by atoms with van der Waals surface area (Å²) in [7, 11) is 0. The van der Waals surface area contributed by atoms with E-state index in [-0.39, 0.29) is 0 Å². The van der Waals surface area contributed by atoms with Gasteiger partial charge in [-0.25, -0.2) is 29.9 Å². The Morgan fingerprint density at radius 2 is 0.571 bits per heavy atom. The molecule has 49 heavy (non-hydrogen) atoms. The summed E-state index contributed by atoms with van der Waals surface area (Å²) in [5, 5.41) is 0. The molecule has 0 saturated carbocycles. The first-order chi connectivity index (χ1) is 24.3. The molecule has 0 spiro atoms. The highest BCUT2D eigenvalue weighted by Crippen LogP contribution is 2.34. The molecule has 0 N–H and O–H groups in total. The molecule has 0 unspecified atom stereocenters. The van der Waals surface area contributed by atoms with Gasteiger partial charge in [0.25, 0.3) is 0 Å². The summed E-state index contributed by atoms with van der Waals surface area (Å²) in [6, 6.07) is 55.2. The molecule has 6 aromatic carbocycles. The van der Waals surface area contributed by atoms with Gasteiger partial charge in [-0.15, -0.1) is 0 Å². The number of rotatable bonds is 8. The normalized spacial score (nSPS) is 10.9. The first-order valence-corrected chi connectivity index (χ1v) is 15.9. The highest BCUT2D eigenvalue weighted by molar-refractivity contribution is 5.71. The van der Waals surface area contributed by atoms with Gasteiger partial charge >= 0.3 is 0 Å². The van der Waals surface area contributed by atoms with Crippen LogP contribution in [0.3, 0.4) is 0 Å². The van der Waals surface area contributed by atoms with Crippen LogP contribution in [0, 0.1) is 0 Å². The second-order valence-electron chi connectivity index (χ2n) is 11.2. The van der Waals surface area contributed by atoms with E-state index in [1.165, 1.54) is 0 Å². The maximum absolute atomic E-state index is 6.48. The topological polar surface area (TPSA) is 86.6 Å². The van der Waals surface area contributed by atoms with Crippen LogP contribution >= 0.6 is 0 Å². The first-order valence-electron chi connectivity index (χ1n) is 15.9. The second-order valence-corrected chi connectivity index (χ2v) is 11.2. The van der Waals surface area contributed by atoms with Gasteiger partial charge in [-0.05, 0) is 36.4 Å². The number of nitrogens with zero attached hydrogens (tertiary/aromatic N) is 6. The second kappa shape index (κ2) is 13.5. The van der Waals surface area contributed by atoms with Crippen LogP contribution in [0.4, 0.5) is 0 Å². The molecule has 2 heterocycles. The number of ether oxygens (including phenoxy) is 1. The number of benzene rings is 6. The Balaban J connectivity index is 1.14. The molecule has 0 atom stereocenters. The summed E-state index contributed by atoms with van der Waals surface area (Å²) < 4.78 is 6.48. The van der Waals surface area contributed by atoms with Crippen molar-refractivity contribution in [1.82, 2.24) is 29.9 Å². The van der Waals surface area contributed by atoms with E-state index >= 15 is 0 Å². The largest absolute Gasteiger partial charge is 0.457 e. The van der Waals surface area contributed by atoms with E-state index in [1.807, 2.05) is 170 Å². The van der Waals surface area contributed by atoms with Crippen molar-refractivity contribution in [2.45, 2.75) is 0 Å². The summed E-state index contributed by atoms with van der Waals surface area (Å²) >= 11 is 0. The maximum atomic E-state index is 6.48. The van der Waals surface area contributed by atoms with Crippen LogP contribution in [-0.2, 0) is 0 Å². The van der Waals surface area contributed by atoms with Gasteiger partial charge in [0.2, 0.25) is 0 Å². The third-order valence-electron chi connectivity index (χ3n) is 7.87. The Morgan fingerprint density at radius 3 is 0.959 bits per heavy atom. The minimum absolute atomic E-state index is 0.520. The maximum Gasteiger partial charge on any atom is 0.167 e. The zero-order valence-corrected chi connectivity index (χ0v) is 26.3. The van der Waals surface area contributed by atoms with Crippen molar-refractivity contribution in [1.29, 1.82) is 0 Å². The van der Waals surface area contributed by atoms with Crippen molar-refractivity contribution in [2.75, 3.05) is 0 Å². The van der Waals surface area contributed by atoms with Crippen LogP contribution in [0.15, 0.2) is 170 Å². The zero-order valence-electron chi connectivity index (χ0n) is 26.3. The van der Waals surface area contributed by atoms with Gasteiger partial charge in [0.05, 0.1) is 5.56 Å². The van der Waals surface area contributed by atoms with E-state index in [0.717, 1.165) is 33.4 Å². The molecule has 0 bridgehead atoms. The van der Waals surface area contributed by atoms with Crippen LogP contribution in [-0.4, -0.2) is 29.9 Å². The fourth-order valence-electron chi connectivity index (χ4n) is 5.41. The Morgan fingerprint density at radius 1 is 0.265 bits per heavy atom. The molecule has 8 aromatic rings. The lowest BCUT2D eigenvalue weighted by Gasteiger charge is -2.13. The molecule has 232 valence electrons. The minimum Gasteiger partial charge on any atom is -0.457 e. The Bertz CT molecular complexity index is 2220. The number of aromatic nitrogens is 6. The van der Waals surface area contributed by atoms with E-state index in [2.05, 4.69) is 0 Å². The Labute approximate surface area is 283 Å². The van der Waals surface area contributed by atoms with Crippen LogP contribution in [0.1, 0.15) is 0 Å². The summed E-state index contributed by atoms with van der Waals surface area (Å²) in [4.78, 5) is 29.1. The van der Waals surface area contributed by atoms with Gasteiger partial charge in [0.15, 0.2) is 34.9 Å². The van der Waals surface area contributed by atoms with Crippen molar-refractivity contribution in [3.8, 4) is 79.8 Å². The van der Waals surface area contributed by atoms with Crippen molar-refractivity contribution in [3.05, 3.63) is 170 Å². The number of para-hydroxylation sites is 1. The lowest BCUT2D eigenvalue weighted by Crippen LogP contribution is -2.01. The molecule has 0 radical (unpaired) electrons. The zero-order chi connectivity index (χ0) is 32.8. The molecule has 2 aromatic heterocycles. The molecule has 0 amide bonds. The van der Waals surface area contributed by atoms with Gasteiger partial charge in [-0.3, -0.25) is 0 Å². The minimum atomic E-state index is 0.520. The molecule has 0 aliphatic carbocycles. The van der Waals surface area contributed by atoms with Gasteiger partial charge in [-0.1, -0.05) is 133 Å². The molecule has 7 heteroatoms. The first kappa shape index (κ1) is 29.5. The molecular formula is C42H28N6O. The van der Waals surface area contributed by atoms with Crippen molar-refractivity contribution >= 4 is 0 Å². The van der Waals surface area contributed by atoms with E-state index in [0.29, 0.717) is 46.4 Å². The molecule has 8 rings (SSSR count). The fourth-order valence-corrected chi connectivity index (χ4v) is 5.41. The van der Waals surface area contributed by atoms with Crippen LogP contribution < -0.4 is 4.74 Å². The van der Waals surface area contributed by atoms with Crippen LogP contribution in [0.2, 0.25) is 0 Å². The molecule has 0 aliphatic heterocycles. The fraction of sp³-hybridized carbons (Fsp3) is 0. The van der Waals surface area contributed by atoms with Gasteiger partial charge < -0.3 is 4.74 Å². The summed E-state index contributed by atoms with van der Waals surface area (Å²) in [6.07, 6.45) is 0. The third kappa shape index (κ3) is 6.54. The predicted octanol–water partition coefficient (Wildman–Crippen LogP) is 9.85. The molecular weight excluding hydrogens is 605 g/mol. The van der Waals surface area contributed by atoms with Crippen LogP contribution in [0.5, 0.6) is 11.5 Å². The predicted molar refractivity (Wildman–Crippen MR) is 192 cm³/mol. The Hall–Kier alpha value is -6.86. The van der Waals surface area contributed by atoms with E-state index in [9.17, 15) is 0 Å². The van der Waals surface area contributed by atoms with Gasteiger partial charge in [0, 0.05) is 27.8 Å². The van der Waals surface area contributed by atoms with Crippen molar-refractivity contribution in [2.24, 2.45) is 0 Å².